The Labute approximate surface area is 116 Å². The second-order valence-electron chi connectivity index (χ2n) is 4.50. The number of phenolic OH excluding ortho intramolecular Hbond substituents is 1. The molecule has 20 heavy (non-hydrogen) atoms. The molecular formula is C15H15NO4. The van der Waals surface area contributed by atoms with Crippen LogP contribution in [-0.4, -0.2) is 30.7 Å². The average Bonchev–Trinajstić information content (AvgIpc) is 2.40. The largest absolute Gasteiger partial charge is 0.504 e. The molecule has 5 nitrogen and oxygen atoms in total. The summed E-state index contributed by atoms with van der Waals surface area (Å²) >= 11 is 0. The minimum atomic E-state index is -0.439. The quantitative estimate of drug-likeness (QED) is 0.676. The zero-order chi connectivity index (χ0) is 14.7. The molecule has 0 saturated heterocycles. The molecule has 1 heterocycles. The Bertz CT molecular complexity index is 727. The first-order valence-corrected chi connectivity index (χ1v) is 6.01. The summed E-state index contributed by atoms with van der Waals surface area (Å²) in [5, 5.41) is 10.4. The Morgan fingerprint density at radius 3 is 2.85 bits per heavy atom. The number of aromatic hydroxyl groups is 1. The molecule has 0 aliphatic heterocycles. The number of terminal acetylenes is 1. The van der Waals surface area contributed by atoms with Crippen LogP contribution in [0.5, 0.6) is 11.5 Å². The number of hydrogen-bond donors (Lipinski definition) is 1. The van der Waals surface area contributed by atoms with Crippen molar-refractivity contribution in [3.05, 3.63) is 34.2 Å². The smallest absolute Gasteiger partial charge is 0.340 e. The third kappa shape index (κ3) is 2.76. The second-order valence-corrected chi connectivity index (χ2v) is 4.50. The molecule has 0 bridgehead atoms. The topological polar surface area (TPSA) is 62.9 Å². The lowest BCUT2D eigenvalue weighted by Gasteiger charge is -2.12. The van der Waals surface area contributed by atoms with E-state index in [-0.39, 0.29) is 5.75 Å². The van der Waals surface area contributed by atoms with Crippen molar-refractivity contribution in [3.63, 3.8) is 0 Å². The van der Waals surface area contributed by atoms with Gasteiger partial charge >= 0.3 is 5.63 Å². The van der Waals surface area contributed by atoms with E-state index in [1.165, 1.54) is 13.2 Å². The zero-order valence-corrected chi connectivity index (χ0v) is 11.3. The van der Waals surface area contributed by atoms with E-state index in [4.69, 9.17) is 15.6 Å². The van der Waals surface area contributed by atoms with Gasteiger partial charge in [-0.05, 0) is 19.2 Å². The minimum Gasteiger partial charge on any atom is -0.504 e. The van der Waals surface area contributed by atoms with E-state index in [2.05, 4.69) is 5.92 Å². The van der Waals surface area contributed by atoms with Gasteiger partial charge in [0.1, 0.15) is 5.58 Å². The maximum Gasteiger partial charge on any atom is 0.340 e. The van der Waals surface area contributed by atoms with Crippen LogP contribution in [0.1, 0.15) is 5.56 Å². The highest BCUT2D eigenvalue weighted by Crippen LogP contribution is 2.30. The van der Waals surface area contributed by atoms with Crippen LogP contribution < -0.4 is 10.4 Å². The summed E-state index contributed by atoms with van der Waals surface area (Å²) < 4.78 is 10.2. The van der Waals surface area contributed by atoms with Crippen LogP contribution in [0, 0.1) is 12.3 Å². The lowest BCUT2D eigenvalue weighted by atomic mass is 10.1. The normalized spacial score (nSPS) is 10.7. The molecule has 0 saturated carbocycles. The molecule has 5 heteroatoms. The number of ether oxygens (including phenoxy) is 1. The van der Waals surface area contributed by atoms with Gasteiger partial charge in [-0.2, -0.15) is 0 Å². The van der Waals surface area contributed by atoms with Crippen LogP contribution in [0.3, 0.4) is 0 Å². The predicted octanol–water partition coefficient (Wildman–Crippen LogP) is 1.57. The molecule has 0 unspecified atom stereocenters. The molecule has 2 rings (SSSR count). The second kappa shape index (κ2) is 5.68. The minimum absolute atomic E-state index is 0.0691. The van der Waals surface area contributed by atoms with Gasteiger partial charge in [0.15, 0.2) is 11.5 Å². The van der Waals surface area contributed by atoms with Crippen molar-refractivity contribution in [1.29, 1.82) is 0 Å². The van der Waals surface area contributed by atoms with E-state index in [0.717, 1.165) is 0 Å². The number of phenols is 1. The zero-order valence-electron chi connectivity index (χ0n) is 11.3. The van der Waals surface area contributed by atoms with E-state index in [1.54, 1.807) is 12.1 Å². The lowest BCUT2D eigenvalue weighted by molar-refractivity contribution is 0.360. The molecule has 2 aromatic rings. The summed E-state index contributed by atoms with van der Waals surface area (Å²) in [5.41, 5.74) is 0.380. The average molecular weight is 273 g/mol. The number of methoxy groups -OCH3 is 1. The molecule has 1 aromatic heterocycles. The molecule has 104 valence electrons. The molecule has 0 radical (unpaired) electrons. The van der Waals surface area contributed by atoms with Gasteiger partial charge in [0, 0.05) is 18.0 Å². The summed E-state index contributed by atoms with van der Waals surface area (Å²) in [5.74, 6) is 2.77. The number of rotatable bonds is 4. The number of nitrogens with zero attached hydrogens (tertiary/aromatic N) is 1. The van der Waals surface area contributed by atoms with Crippen molar-refractivity contribution >= 4 is 11.0 Å². The molecule has 0 aliphatic carbocycles. The molecule has 0 atom stereocenters. The summed E-state index contributed by atoms with van der Waals surface area (Å²) in [6.07, 6.45) is 5.23. The van der Waals surface area contributed by atoms with Gasteiger partial charge in [-0.1, -0.05) is 5.92 Å². The first-order chi connectivity index (χ1) is 9.55. The van der Waals surface area contributed by atoms with Gasteiger partial charge in [-0.25, -0.2) is 4.79 Å². The van der Waals surface area contributed by atoms with Gasteiger partial charge in [-0.3, -0.25) is 4.90 Å². The summed E-state index contributed by atoms with van der Waals surface area (Å²) in [6.45, 7) is 0.835. The summed E-state index contributed by atoms with van der Waals surface area (Å²) in [6, 6.07) is 4.71. The third-order valence-corrected chi connectivity index (χ3v) is 2.91. The van der Waals surface area contributed by atoms with Crippen molar-refractivity contribution in [1.82, 2.24) is 4.90 Å². The van der Waals surface area contributed by atoms with Crippen molar-refractivity contribution in [2.45, 2.75) is 6.54 Å². The first-order valence-electron chi connectivity index (χ1n) is 6.01. The summed E-state index contributed by atoms with van der Waals surface area (Å²) in [4.78, 5) is 13.7. The van der Waals surface area contributed by atoms with Crippen LogP contribution in [-0.2, 0) is 6.54 Å². The van der Waals surface area contributed by atoms with Crippen LogP contribution in [0.15, 0.2) is 27.4 Å². The van der Waals surface area contributed by atoms with E-state index in [0.29, 0.717) is 35.4 Å². The molecular weight excluding hydrogens is 258 g/mol. The molecule has 0 amide bonds. The number of hydrogen-bond acceptors (Lipinski definition) is 5. The molecule has 0 spiro atoms. The van der Waals surface area contributed by atoms with Gasteiger partial charge in [0.25, 0.3) is 0 Å². The van der Waals surface area contributed by atoms with Gasteiger partial charge < -0.3 is 14.3 Å². The number of fused-ring (bicyclic) bond motifs is 1. The Morgan fingerprint density at radius 1 is 1.45 bits per heavy atom. The fraction of sp³-hybridized carbons (Fsp3) is 0.267. The van der Waals surface area contributed by atoms with Crippen molar-refractivity contribution < 1.29 is 14.3 Å². The highest BCUT2D eigenvalue weighted by Gasteiger charge is 2.11. The fourth-order valence-corrected chi connectivity index (χ4v) is 1.95. The monoisotopic (exact) mass is 273 g/mol. The van der Waals surface area contributed by atoms with Crippen LogP contribution >= 0.6 is 0 Å². The Balaban J connectivity index is 2.48. The maximum atomic E-state index is 11.9. The van der Waals surface area contributed by atoms with Crippen molar-refractivity contribution in [3.8, 4) is 23.8 Å². The first kappa shape index (κ1) is 14.0. The molecule has 1 aromatic carbocycles. The van der Waals surface area contributed by atoms with Gasteiger partial charge in [-0.15, -0.1) is 6.42 Å². The van der Waals surface area contributed by atoms with Gasteiger partial charge in [0.05, 0.1) is 19.2 Å². The molecule has 0 aliphatic rings. The van der Waals surface area contributed by atoms with Crippen LogP contribution in [0.25, 0.3) is 11.0 Å². The molecule has 0 fully saturated rings. The Kier molecular flexibility index (Phi) is 3.97. The van der Waals surface area contributed by atoms with Crippen LogP contribution in [0.4, 0.5) is 0 Å². The van der Waals surface area contributed by atoms with E-state index >= 15 is 0 Å². The summed E-state index contributed by atoms with van der Waals surface area (Å²) in [7, 11) is 3.28. The SMILES string of the molecule is C#CCN(C)Cc1cc2cc(OC)c(O)cc2oc1=O. The van der Waals surface area contributed by atoms with E-state index < -0.39 is 5.63 Å². The van der Waals surface area contributed by atoms with Crippen molar-refractivity contribution in [2.24, 2.45) is 0 Å². The highest BCUT2D eigenvalue weighted by atomic mass is 16.5. The highest BCUT2D eigenvalue weighted by molar-refractivity contribution is 5.81. The fourth-order valence-electron chi connectivity index (χ4n) is 1.95. The van der Waals surface area contributed by atoms with Crippen LogP contribution in [0.2, 0.25) is 0 Å². The maximum absolute atomic E-state index is 11.9. The van der Waals surface area contributed by atoms with E-state index in [9.17, 15) is 9.90 Å². The molecule has 1 N–H and O–H groups in total. The Morgan fingerprint density at radius 2 is 2.20 bits per heavy atom. The lowest BCUT2D eigenvalue weighted by Crippen LogP contribution is -2.22. The number of benzene rings is 1. The Hall–Kier alpha value is -2.45. The van der Waals surface area contributed by atoms with Gasteiger partial charge in [0.2, 0.25) is 0 Å². The standard InChI is InChI=1S/C15H15NO4/c1-4-5-16(2)9-11-6-10-7-14(19-3)12(17)8-13(10)20-15(11)18/h1,6-8,17H,5,9H2,2-3H3. The predicted molar refractivity (Wildman–Crippen MR) is 75.9 cm³/mol. The van der Waals surface area contributed by atoms with Crippen molar-refractivity contribution in [2.75, 3.05) is 20.7 Å². The van der Waals surface area contributed by atoms with E-state index in [1.807, 2.05) is 11.9 Å². The third-order valence-electron chi connectivity index (χ3n) is 2.91.